The average molecular weight is 270 g/mol. The Morgan fingerprint density at radius 3 is 2.58 bits per heavy atom. The number of urea groups is 2. The van der Waals surface area contributed by atoms with Gasteiger partial charge in [-0.2, -0.15) is 5.10 Å². The van der Waals surface area contributed by atoms with Crippen molar-refractivity contribution in [2.45, 2.75) is 39.2 Å². The van der Waals surface area contributed by atoms with E-state index in [0.717, 1.165) is 25.0 Å². The van der Waals surface area contributed by atoms with Gasteiger partial charge >= 0.3 is 12.1 Å². The van der Waals surface area contributed by atoms with Gasteiger partial charge in [-0.25, -0.2) is 20.4 Å². The summed E-state index contributed by atoms with van der Waals surface area (Å²) in [4.78, 5) is 21.5. The van der Waals surface area contributed by atoms with E-state index >= 15 is 0 Å². The fourth-order valence-corrected chi connectivity index (χ4v) is 2.42. The summed E-state index contributed by atoms with van der Waals surface area (Å²) in [6, 6.07) is -1.53. The number of amides is 4. The highest BCUT2D eigenvalue weighted by Gasteiger charge is 2.32. The molecule has 0 spiro atoms. The van der Waals surface area contributed by atoms with Crippen LogP contribution in [0.4, 0.5) is 9.59 Å². The molecule has 1 fully saturated rings. The summed E-state index contributed by atoms with van der Waals surface area (Å²) < 4.78 is 0. The first-order chi connectivity index (χ1) is 8.93. The van der Waals surface area contributed by atoms with Gasteiger partial charge in [0.05, 0.1) is 11.8 Å². The zero-order valence-corrected chi connectivity index (χ0v) is 11.3. The summed E-state index contributed by atoms with van der Waals surface area (Å²) >= 11 is 0. The van der Waals surface area contributed by atoms with Crippen LogP contribution in [-0.2, 0) is 0 Å². The van der Waals surface area contributed by atoms with Crippen molar-refractivity contribution in [3.05, 3.63) is 0 Å². The zero-order chi connectivity index (χ0) is 14.4. The first-order valence-electron chi connectivity index (χ1n) is 6.36. The second kappa shape index (κ2) is 6.93. The number of hydrazone groups is 1. The minimum absolute atomic E-state index is 0.165. The van der Waals surface area contributed by atoms with Crippen molar-refractivity contribution < 1.29 is 9.59 Å². The lowest BCUT2D eigenvalue weighted by atomic mass is 9.77. The van der Waals surface area contributed by atoms with Crippen molar-refractivity contribution in [2.24, 2.45) is 28.4 Å². The summed E-state index contributed by atoms with van der Waals surface area (Å²) in [6.45, 7) is 4.17. The second-order valence-corrected chi connectivity index (χ2v) is 4.88. The van der Waals surface area contributed by atoms with E-state index in [2.05, 4.69) is 35.2 Å². The van der Waals surface area contributed by atoms with Gasteiger partial charge in [-0.15, -0.1) is 0 Å². The maximum Gasteiger partial charge on any atom is 0.332 e. The molecule has 0 aromatic heterocycles. The summed E-state index contributed by atoms with van der Waals surface area (Å²) in [5.74, 6) is 0.772. The molecule has 1 saturated carbocycles. The molecule has 7 N–H and O–H groups in total. The van der Waals surface area contributed by atoms with Crippen molar-refractivity contribution >= 4 is 17.8 Å². The van der Waals surface area contributed by atoms with Crippen LogP contribution >= 0.6 is 0 Å². The molecule has 19 heavy (non-hydrogen) atoms. The van der Waals surface area contributed by atoms with Gasteiger partial charge in [-0.3, -0.25) is 5.43 Å². The first-order valence-corrected chi connectivity index (χ1v) is 6.36. The first kappa shape index (κ1) is 15.2. The average Bonchev–Trinajstić information content (AvgIpc) is 2.34. The van der Waals surface area contributed by atoms with E-state index in [1.165, 1.54) is 0 Å². The predicted octanol–water partition coefficient (Wildman–Crippen LogP) is 0.00830. The minimum Gasteiger partial charge on any atom is -0.351 e. The molecule has 108 valence electrons. The van der Waals surface area contributed by atoms with Gasteiger partial charge in [-0.05, 0) is 24.7 Å². The van der Waals surface area contributed by atoms with Crippen LogP contribution in [0.1, 0.15) is 33.1 Å². The maximum atomic E-state index is 10.8. The molecule has 3 unspecified atom stereocenters. The van der Waals surface area contributed by atoms with Crippen molar-refractivity contribution in [3.8, 4) is 0 Å². The second-order valence-electron chi connectivity index (χ2n) is 4.88. The van der Waals surface area contributed by atoms with Gasteiger partial charge in [-0.1, -0.05) is 20.3 Å². The Balaban J connectivity index is 2.78. The number of nitrogens with two attached hydrogens (primary N) is 2. The lowest BCUT2D eigenvalue weighted by Crippen LogP contribution is -2.55. The third kappa shape index (κ3) is 4.74. The Hall–Kier alpha value is -1.83. The smallest absolute Gasteiger partial charge is 0.332 e. The van der Waals surface area contributed by atoms with Crippen molar-refractivity contribution in [1.29, 1.82) is 0 Å². The van der Waals surface area contributed by atoms with Crippen molar-refractivity contribution in [3.63, 3.8) is 0 Å². The number of nitrogens with one attached hydrogen (secondary N) is 3. The molecule has 0 heterocycles. The van der Waals surface area contributed by atoms with E-state index in [-0.39, 0.29) is 12.0 Å². The molecular weight excluding hydrogens is 248 g/mol. The predicted molar refractivity (Wildman–Crippen MR) is 72.0 cm³/mol. The largest absolute Gasteiger partial charge is 0.351 e. The summed E-state index contributed by atoms with van der Waals surface area (Å²) in [5, 5.41) is 4.03. The fraction of sp³-hybridized carbons (Fsp3) is 0.727. The summed E-state index contributed by atoms with van der Waals surface area (Å²) in [7, 11) is 0. The Labute approximate surface area is 112 Å². The van der Waals surface area contributed by atoms with Crippen LogP contribution < -0.4 is 27.7 Å². The Kier molecular flexibility index (Phi) is 5.56. The van der Waals surface area contributed by atoms with Crippen LogP contribution in [0.2, 0.25) is 0 Å². The van der Waals surface area contributed by atoms with Gasteiger partial charge in [0.1, 0.15) is 0 Å². The molecular formula is C11H22N6O2. The van der Waals surface area contributed by atoms with Crippen LogP contribution in [0, 0.1) is 11.8 Å². The van der Waals surface area contributed by atoms with Crippen molar-refractivity contribution in [1.82, 2.24) is 16.3 Å². The molecule has 1 aliphatic rings. The number of nitrogens with zero attached hydrogens (tertiary/aromatic N) is 1. The molecule has 8 heteroatoms. The number of rotatable bonds is 4. The van der Waals surface area contributed by atoms with Crippen molar-refractivity contribution in [2.75, 3.05) is 0 Å². The Morgan fingerprint density at radius 2 is 2.05 bits per heavy atom. The zero-order valence-electron chi connectivity index (χ0n) is 11.3. The van der Waals surface area contributed by atoms with E-state index in [9.17, 15) is 9.59 Å². The van der Waals surface area contributed by atoms with Crippen LogP contribution in [0.25, 0.3) is 0 Å². The number of carbonyl (C=O) groups is 2. The molecule has 1 aliphatic carbocycles. The topological polar surface area (TPSA) is 135 Å². The fourth-order valence-electron chi connectivity index (χ4n) is 2.42. The molecule has 0 aromatic rings. The SMILES string of the molecule is CCC1C/C(=N/NC(N)=O)C(NNC(N)=O)C(C)C1. The van der Waals surface area contributed by atoms with E-state index in [0.29, 0.717) is 5.92 Å². The summed E-state index contributed by atoms with van der Waals surface area (Å²) in [5.41, 5.74) is 18.3. The van der Waals surface area contributed by atoms with Gasteiger partial charge in [0.2, 0.25) is 0 Å². The van der Waals surface area contributed by atoms with Crippen LogP contribution in [0.5, 0.6) is 0 Å². The molecule has 3 atom stereocenters. The highest BCUT2D eigenvalue weighted by Crippen LogP contribution is 2.29. The molecule has 0 aliphatic heterocycles. The summed E-state index contributed by atoms with van der Waals surface area (Å²) in [6.07, 6.45) is 2.80. The highest BCUT2D eigenvalue weighted by molar-refractivity contribution is 5.91. The van der Waals surface area contributed by atoms with Crippen LogP contribution in [-0.4, -0.2) is 23.8 Å². The lowest BCUT2D eigenvalue weighted by molar-refractivity contribution is 0.236. The number of hydrogen-bond donors (Lipinski definition) is 5. The minimum atomic E-state index is -0.708. The number of carbonyl (C=O) groups excluding carboxylic acids is 2. The number of hydrogen-bond acceptors (Lipinski definition) is 4. The standard InChI is InChI=1S/C11H22N6O2/c1-3-7-4-6(2)9(15-17-11(13)19)8(5-7)14-16-10(12)18/h6-7,9,15H,3-5H2,1-2H3,(H3,12,16,18)(H3,13,17,19)/b14-8-. The van der Waals surface area contributed by atoms with E-state index in [4.69, 9.17) is 11.5 Å². The number of hydrazine groups is 1. The normalized spacial score (nSPS) is 28.9. The molecule has 1 rings (SSSR count). The van der Waals surface area contributed by atoms with Gasteiger partial charge in [0.25, 0.3) is 0 Å². The van der Waals surface area contributed by atoms with Gasteiger partial charge in [0.15, 0.2) is 0 Å². The molecule has 0 bridgehead atoms. The third-order valence-electron chi connectivity index (χ3n) is 3.37. The third-order valence-corrected chi connectivity index (χ3v) is 3.37. The van der Waals surface area contributed by atoms with Gasteiger partial charge in [0, 0.05) is 0 Å². The lowest BCUT2D eigenvalue weighted by Gasteiger charge is -2.35. The highest BCUT2D eigenvalue weighted by atomic mass is 16.2. The van der Waals surface area contributed by atoms with E-state index in [1.807, 2.05) is 0 Å². The van der Waals surface area contributed by atoms with Crippen LogP contribution in [0.3, 0.4) is 0 Å². The molecule has 8 nitrogen and oxygen atoms in total. The number of primary amides is 2. The van der Waals surface area contributed by atoms with E-state index < -0.39 is 12.1 Å². The molecule has 0 saturated heterocycles. The molecule has 0 aromatic carbocycles. The van der Waals surface area contributed by atoms with E-state index in [1.54, 1.807) is 0 Å². The maximum absolute atomic E-state index is 10.8. The Morgan fingerprint density at radius 1 is 1.37 bits per heavy atom. The quantitative estimate of drug-likeness (QED) is 0.460. The van der Waals surface area contributed by atoms with Crippen LogP contribution in [0.15, 0.2) is 5.10 Å². The monoisotopic (exact) mass is 270 g/mol. The van der Waals surface area contributed by atoms with Gasteiger partial charge < -0.3 is 11.5 Å². The Bertz CT molecular complexity index is 370. The molecule has 4 amide bonds. The molecule has 0 radical (unpaired) electrons.